The highest BCUT2D eigenvalue weighted by molar-refractivity contribution is 5.93. The van der Waals surface area contributed by atoms with E-state index in [2.05, 4.69) is 10.1 Å². The number of hydrogen-bond acceptors (Lipinski definition) is 5. The molecule has 0 aliphatic heterocycles. The number of nitrogens with zero attached hydrogens (tertiary/aromatic N) is 1. The van der Waals surface area contributed by atoms with Gasteiger partial charge in [-0.05, 0) is 36.8 Å². The van der Waals surface area contributed by atoms with Crippen LogP contribution >= 0.6 is 0 Å². The summed E-state index contributed by atoms with van der Waals surface area (Å²) < 4.78 is 12.0. The lowest BCUT2D eigenvalue weighted by molar-refractivity contribution is -0.116. The maximum Gasteiger partial charge on any atom is 0.337 e. The van der Waals surface area contributed by atoms with Crippen LogP contribution in [0.25, 0.3) is 0 Å². The van der Waals surface area contributed by atoms with Crippen LogP contribution in [0.15, 0.2) is 71.7 Å². The quantitative estimate of drug-likeness (QED) is 0.609. The minimum absolute atomic E-state index is 0.00651. The lowest BCUT2D eigenvalue weighted by Crippen LogP contribution is -2.22. The molecule has 1 amide bonds. The molecular formula is C23H22N2O5. The molecule has 0 bridgehead atoms. The van der Waals surface area contributed by atoms with E-state index in [0.717, 1.165) is 5.56 Å². The van der Waals surface area contributed by atoms with Gasteiger partial charge in [-0.1, -0.05) is 30.3 Å². The number of anilines is 1. The van der Waals surface area contributed by atoms with Crippen LogP contribution in [0.2, 0.25) is 0 Å². The van der Waals surface area contributed by atoms with Crippen LogP contribution in [0.3, 0.4) is 0 Å². The minimum atomic E-state index is -0.445. The van der Waals surface area contributed by atoms with E-state index in [0.29, 0.717) is 16.9 Å². The largest absolute Gasteiger partial charge is 0.483 e. The number of aromatic nitrogens is 1. The molecule has 2 aromatic carbocycles. The summed E-state index contributed by atoms with van der Waals surface area (Å²) in [4.78, 5) is 36.1. The summed E-state index contributed by atoms with van der Waals surface area (Å²) in [6, 6.07) is 17.3. The van der Waals surface area contributed by atoms with E-state index in [-0.39, 0.29) is 30.2 Å². The number of methoxy groups -OCH3 is 1. The molecule has 3 rings (SSSR count). The van der Waals surface area contributed by atoms with Gasteiger partial charge in [0.25, 0.3) is 0 Å². The first kappa shape index (κ1) is 20.9. The summed E-state index contributed by atoms with van der Waals surface area (Å²) in [6.45, 7) is 2.02. The van der Waals surface area contributed by atoms with Crippen molar-refractivity contribution in [2.45, 2.75) is 20.1 Å². The van der Waals surface area contributed by atoms with Gasteiger partial charge in [0.15, 0.2) is 5.75 Å². The average Bonchev–Trinajstić information content (AvgIpc) is 2.75. The Kier molecular flexibility index (Phi) is 6.64. The fraction of sp³-hybridized carbons (Fsp3) is 0.174. The van der Waals surface area contributed by atoms with Gasteiger partial charge in [0.2, 0.25) is 11.3 Å². The molecule has 7 nitrogen and oxygen atoms in total. The number of pyridine rings is 1. The van der Waals surface area contributed by atoms with Crippen LogP contribution in [-0.4, -0.2) is 23.6 Å². The Morgan fingerprint density at radius 2 is 1.73 bits per heavy atom. The number of aryl methyl sites for hydroxylation is 1. The van der Waals surface area contributed by atoms with Crippen molar-refractivity contribution in [3.63, 3.8) is 0 Å². The van der Waals surface area contributed by atoms with Crippen LogP contribution in [0.5, 0.6) is 5.75 Å². The highest BCUT2D eigenvalue weighted by atomic mass is 16.5. The van der Waals surface area contributed by atoms with E-state index in [1.54, 1.807) is 42.0 Å². The number of carbonyl (C=O) groups is 2. The smallest absolute Gasteiger partial charge is 0.337 e. The summed E-state index contributed by atoms with van der Waals surface area (Å²) in [5.74, 6) is -0.541. The number of nitrogens with one attached hydrogen (secondary N) is 1. The summed E-state index contributed by atoms with van der Waals surface area (Å²) in [5, 5.41) is 2.76. The second kappa shape index (κ2) is 9.56. The Balaban J connectivity index is 1.67. The Bertz CT molecular complexity index is 1090. The van der Waals surface area contributed by atoms with Gasteiger partial charge in [0.05, 0.1) is 18.9 Å². The van der Waals surface area contributed by atoms with Crippen molar-refractivity contribution in [1.29, 1.82) is 0 Å². The first-order valence-electron chi connectivity index (χ1n) is 9.32. The zero-order chi connectivity index (χ0) is 21.5. The molecule has 0 aliphatic rings. The fourth-order valence-corrected chi connectivity index (χ4v) is 2.83. The molecule has 0 aliphatic carbocycles. The summed E-state index contributed by atoms with van der Waals surface area (Å²) in [5.41, 5.74) is 2.29. The number of ether oxygens (including phenoxy) is 2. The molecule has 1 aromatic heterocycles. The van der Waals surface area contributed by atoms with E-state index in [4.69, 9.17) is 4.74 Å². The lowest BCUT2D eigenvalue weighted by atomic mass is 10.2. The molecule has 0 spiro atoms. The first-order chi connectivity index (χ1) is 14.5. The highest BCUT2D eigenvalue weighted by Gasteiger charge is 2.10. The predicted octanol–water partition coefficient (Wildman–Crippen LogP) is 3.16. The van der Waals surface area contributed by atoms with Gasteiger partial charge >= 0.3 is 5.97 Å². The van der Waals surface area contributed by atoms with Gasteiger partial charge in [0, 0.05) is 17.4 Å². The number of carbonyl (C=O) groups excluding carboxylic acids is 2. The zero-order valence-corrected chi connectivity index (χ0v) is 16.8. The van der Waals surface area contributed by atoms with Gasteiger partial charge < -0.3 is 19.4 Å². The van der Waals surface area contributed by atoms with Crippen molar-refractivity contribution in [2.75, 3.05) is 12.4 Å². The summed E-state index contributed by atoms with van der Waals surface area (Å²) in [7, 11) is 1.31. The minimum Gasteiger partial charge on any atom is -0.483 e. The average molecular weight is 406 g/mol. The SMILES string of the molecule is COC(=O)c1ccc(NC(=O)Cn2cc(OCc3ccccc3)c(=O)cc2C)cc1. The lowest BCUT2D eigenvalue weighted by Gasteiger charge is -2.13. The Morgan fingerprint density at radius 1 is 1.03 bits per heavy atom. The molecule has 0 atom stereocenters. The number of benzene rings is 2. The van der Waals surface area contributed by atoms with Crippen LogP contribution in [0, 0.1) is 6.92 Å². The van der Waals surface area contributed by atoms with E-state index >= 15 is 0 Å². The van der Waals surface area contributed by atoms with Crippen LogP contribution in [0.1, 0.15) is 21.6 Å². The number of esters is 1. The second-order valence-electron chi connectivity index (χ2n) is 6.66. The normalized spacial score (nSPS) is 10.3. The molecule has 0 unspecified atom stereocenters. The number of hydrogen-bond donors (Lipinski definition) is 1. The molecule has 154 valence electrons. The van der Waals surface area contributed by atoms with Gasteiger partial charge in [0.1, 0.15) is 13.2 Å². The first-order valence-corrected chi connectivity index (χ1v) is 9.32. The molecule has 0 radical (unpaired) electrons. The van der Waals surface area contributed by atoms with E-state index in [1.807, 2.05) is 30.3 Å². The highest BCUT2D eigenvalue weighted by Crippen LogP contribution is 2.12. The third-order valence-corrected chi connectivity index (χ3v) is 4.45. The number of amides is 1. The molecular weight excluding hydrogens is 384 g/mol. The van der Waals surface area contributed by atoms with Gasteiger partial charge in [-0.3, -0.25) is 9.59 Å². The van der Waals surface area contributed by atoms with E-state index in [9.17, 15) is 14.4 Å². The van der Waals surface area contributed by atoms with E-state index in [1.165, 1.54) is 13.2 Å². The third-order valence-electron chi connectivity index (χ3n) is 4.45. The van der Waals surface area contributed by atoms with Crippen molar-refractivity contribution < 1.29 is 19.1 Å². The molecule has 1 N–H and O–H groups in total. The Hall–Kier alpha value is -3.87. The molecule has 3 aromatic rings. The van der Waals surface area contributed by atoms with Gasteiger partial charge in [-0.2, -0.15) is 0 Å². The monoisotopic (exact) mass is 406 g/mol. The maximum absolute atomic E-state index is 12.4. The Labute approximate surface area is 173 Å². The van der Waals surface area contributed by atoms with Crippen molar-refractivity contribution in [3.8, 4) is 5.75 Å². The second-order valence-corrected chi connectivity index (χ2v) is 6.66. The van der Waals surface area contributed by atoms with Crippen molar-refractivity contribution in [1.82, 2.24) is 4.57 Å². The molecule has 30 heavy (non-hydrogen) atoms. The van der Waals surface area contributed by atoms with Crippen molar-refractivity contribution >= 4 is 17.6 Å². The predicted molar refractivity (Wildman–Crippen MR) is 113 cm³/mol. The third kappa shape index (κ3) is 5.35. The topological polar surface area (TPSA) is 86.6 Å². The molecule has 1 heterocycles. The standard InChI is InChI=1S/C23H22N2O5/c1-16-12-20(26)21(30-15-17-6-4-3-5-7-17)13-25(16)14-22(27)24-19-10-8-18(9-11-19)23(28)29-2/h3-13H,14-15H2,1-2H3,(H,24,27). The molecule has 0 fully saturated rings. The summed E-state index contributed by atoms with van der Waals surface area (Å²) in [6.07, 6.45) is 1.54. The molecule has 0 saturated heterocycles. The molecule has 7 heteroatoms. The van der Waals surface area contributed by atoms with Crippen LogP contribution in [-0.2, 0) is 22.7 Å². The van der Waals surface area contributed by atoms with Gasteiger partial charge in [-0.15, -0.1) is 0 Å². The van der Waals surface area contributed by atoms with Crippen LogP contribution < -0.4 is 15.5 Å². The van der Waals surface area contributed by atoms with Crippen molar-refractivity contribution in [2.24, 2.45) is 0 Å². The fourth-order valence-electron chi connectivity index (χ4n) is 2.83. The van der Waals surface area contributed by atoms with Gasteiger partial charge in [-0.25, -0.2) is 4.79 Å². The molecule has 0 saturated carbocycles. The summed E-state index contributed by atoms with van der Waals surface area (Å²) >= 11 is 0. The van der Waals surface area contributed by atoms with Crippen molar-refractivity contribution in [3.05, 3.63) is 93.9 Å². The zero-order valence-electron chi connectivity index (χ0n) is 16.8. The number of rotatable bonds is 7. The maximum atomic E-state index is 12.4. The van der Waals surface area contributed by atoms with Crippen LogP contribution in [0.4, 0.5) is 5.69 Å². The Morgan fingerprint density at radius 3 is 2.40 bits per heavy atom. The van der Waals surface area contributed by atoms with E-state index < -0.39 is 5.97 Å².